The average molecular weight is 303 g/mol. The molecule has 1 aromatic carbocycles. The van der Waals surface area contributed by atoms with Gasteiger partial charge in [0.1, 0.15) is 0 Å². The number of hydrogen-bond acceptors (Lipinski definition) is 6. The molecule has 0 aliphatic rings. The van der Waals surface area contributed by atoms with Crippen LogP contribution in [0, 0.1) is 6.92 Å². The molecule has 3 rings (SSSR count). The van der Waals surface area contributed by atoms with E-state index in [1.807, 2.05) is 41.9 Å². The maximum absolute atomic E-state index is 6.05. The van der Waals surface area contributed by atoms with Crippen molar-refractivity contribution >= 4 is 28.8 Å². The number of thiophene rings is 1. The van der Waals surface area contributed by atoms with Gasteiger partial charge in [0.2, 0.25) is 0 Å². The van der Waals surface area contributed by atoms with Crippen LogP contribution in [0.2, 0.25) is 0 Å². The monoisotopic (exact) mass is 303 g/mol. The third-order valence-corrected chi connectivity index (χ3v) is 4.63. The lowest BCUT2D eigenvalue weighted by Crippen LogP contribution is -1.93. The highest BCUT2D eigenvalue weighted by Crippen LogP contribution is 2.30. The summed E-state index contributed by atoms with van der Waals surface area (Å²) in [6.07, 6.45) is 0. The molecular formula is C14H13N3OS2. The van der Waals surface area contributed by atoms with Gasteiger partial charge in [-0.2, -0.15) is 16.3 Å². The first kappa shape index (κ1) is 13.2. The molecule has 0 atom stereocenters. The predicted octanol–water partition coefficient (Wildman–Crippen LogP) is 3.98. The van der Waals surface area contributed by atoms with Crippen LogP contribution in [-0.4, -0.2) is 10.1 Å². The van der Waals surface area contributed by atoms with Crippen molar-refractivity contribution in [1.82, 2.24) is 10.1 Å². The zero-order chi connectivity index (χ0) is 13.9. The molecule has 20 heavy (non-hydrogen) atoms. The lowest BCUT2D eigenvalue weighted by molar-refractivity contribution is 0.425. The van der Waals surface area contributed by atoms with Crippen molar-refractivity contribution in [3.63, 3.8) is 0 Å². The molecule has 0 saturated carbocycles. The fourth-order valence-corrected chi connectivity index (χ4v) is 3.26. The van der Waals surface area contributed by atoms with Crippen LogP contribution in [0.3, 0.4) is 0 Å². The highest BCUT2D eigenvalue weighted by Gasteiger charge is 2.10. The van der Waals surface area contributed by atoms with Crippen LogP contribution in [0.5, 0.6) is 0 Å². The highest BCUT2D eigenvalue weighted by atomic mass is 32.2. The fraction of sp³-hybridized carbons (Fsp3) is 0.143. The second-order valence-corrected chi connectivity index (χ2v) is 6.10. The van der Waals surface area contributed by atoms with Crippen LogP contribution in [0.4, 0.5) is 5.69 Å². The summed E-state index contributed by atoms with van der Waals surface area (Å²) in [5, 5.41) is 7.97. The van der Waals surface area contributed by atoms with Crippen molar-refractivity contribution in [3.05, 3.63) is 46.4 Å². The van der Waals surface area contributed by atoms with Crippen LogP contribution < -0.4 is 5.73 Å². The second kappa shape index (κ2) is 5.68. The molecule has 3 aromatic rings. The minimum Gasteiger partial charge on any atom is -0.398 e. The Kier molecular flexibility index (Phi) is 3.75. The molecule has 0 bridgehead atoms. The van der Waals surface area contributed by atoms with E-state index >= 15 is 0 Å². The Hall–Kier alpha value is -1.79. The van der Waals surface area contributed by atoms with Gasteiger partial charge in [0.05, 0.1) is 11.3 Å². The largest absolute Gasteiger partial charge is 0.398 e. The Morgan fingerprint density at radius 1 is 1.35 bits per heavy atom. The summed E-state index contributed by atoms with van der Waals surface area (Å²) in [5.74, 6) is 1.89. The van der Waals surface area contributed by atoms with Crippen molar-refractivity contribution in [2.75, 3.05) is 5.73 Å². The van der Waals surface area contributed by atoms with Gasteiger partial charge in [-0.3, -0.25) is 0 Å². The number of nitrogens with two attached hydrogens (primary N) is 1. The summed E-state index contributed by atoms with van der Waals surface area (Å²) in [5.41, 5.74) is 8.92. The zero-order valence-corrected chi connectivity index (χ0v) is 12.5. The van der Waals surface area contributed by atoms with E-state index in [-0.39, 0.29) is 0 Å². The minimum absolute atomic E-state index is 0.569. The Balaban J connectivity index is 1.71. The van der Waals surface area contributed by atoms with E-state index in [4.69, 9.17) is 10.3 Å². The Bertz CT molecular complexity index is 707. The predicted molar refractivity (Wildman–Crippen MR) is 82.8 cm³/mol. The van der Waals surface area contributed by atoms with E-state index in [0.29, 0.717) is 17.5 Å². The number of nitrogen functional groups attached to an aromatic ring is 1. The number of aryl methyl sites for hydroxylation is 1. The van der Waals surface area contributed by atoms with E-state index in [1.165, 1.54) is 0 Å². The summed E-state index contributed by atoms with van der Waals surface area (Å²) in [7, 11) is 0. The van der Waals surface area contributed by atoms with Crippen LogP contribution in [0.1, 0.15) is 11.4 Å². The molecule has 0 aliphatic carbocycles. The number of anilines is 1. The zero-order valence-electron chi connectivity index (χ0n) is 10.9. The van der Waals surface area contributed by atoms with Crippen LogP contribution in [0.15, 0.2) is 44.4 Å². The van der Waals surface area contributed by atoms with E-state index in [2.05, 4.69) is 10.1 Å². The van der Waals surface area contributed by atoms with E-state index in [9.17, 15) is 0 Å². The summed E-state index contributed by atoms with van der Waals surface area (Å²) in [4.78, 5) is 5.44. The number of thioether (sulfide) groups is 1. The fourth-order valence-electron chi connectivity index (χ4n) is 1.74. The summed E-state index contributed by atoms with van der Waals surface area (Å²) in [6, 6.07) is 7.98. The van der Waals surface area contributed by atoms with Gasteiger partial charge >= 0.3 is 0 Å². The summed E-state index contributed by atoms with van der Waals surface area (Å²) >= 11 is 3.23. The molecule has 2 heterocycles. The SMILES string of the molecule is Cc1cccc(SCc2noc(-c3ccsc3)n2)c1N. The first-order valence-corrected chi connectivity index (χ1v) is 8.00. The Labute approximate surface area is 125 Å². The first-order chi connectivity index (χ1) is 9.74. The van der Waals surface area contributed by atoms with Crippen LogP contribution in [0.25, 0.3) is 11.5 Å². The number of hydrogen-bond donors (Lipinski definition) is 1. The summed E-state index contributed by atoms with van der Waals surface area (Å²) in [6.45, 7) is 2.00. The number of nitrogens with zero attached hydrogens (tertiary/aromatic N) is 2. The number of benzene rings is 1. The topological polar surface area (TPSA) is 64.9 Å². The standard InChI is InChI=1S/C14H13N3OS2/c1-9-3-2-4-11(13(9)15)20-8-12-16-14(18-17-12)10-5-6-19-7-10/h2-7H,8,15H2,1H3. The number of para-hydroxylation sites is 1. The Morgan fingerprint density at radius 3 is 3.05 bits per heavy atom. The van der Waals surface area contributed by atoms with E-state index < -0.39 is 0 Å². The molecular weight excluding hydrogens is 290 g/mol. The molecule has 0 spiro atoms. The van der Waals surface area contributed by atoms with Gasteiger partial charge in [-0.15, -0.1) is 11.8 Å². The molecule has 0 saturated heterocycles. The average Bonchev–Trinajstić information content (AvgIpc) is 3.10. The maximum Gasteiger partial charge on any atom is 0.258 e. The molecule has 102 valence electrons. The van der Waals surface area contributed by atoms with Gasteiger partial charge in [-0.05, 0) is 30.0 Å². The molecule has 2 N–H and O–H groups in total. The third-order valence-electron chi connectivity index (χ3n) is 2.88. The van der Waals surface area contributed by atoms with Gasteiger partial charge < -0.3 is 10.3 Å². The van der Waals surface area contributed by atoms with Crippen LogP contribution in [-0.2, 0) is 5.75 Å². The molecule has 0 radical (unpaired) electrons. The molecule has 0 amide bonds. The normalized spacial score (nSPS) is 10.8. The molecule has 2 aromatic heterocycles. The van der Waals surface area contributed by atoms with Crippen molar-refractivity contribution in [3.8, 4) is 11.5 Å². The van der Waals surface area contributed by atoms with Gasteiger partial charge in [-0.25, -0.2) is 0 Å². The van der Waals surface area contributed by atoms with Crippen molar-refractivity contribution in [2.24, 2.45) is 0 Å². The highest BCUT2D eigenvalue weighted by molar-refractivity contribution is 7.98. The van der Waals surface area contributed by atoms with Gasteiger partial charge in [0, 0.05) is 16.0 Å². The lowest BCUT2D eigenvalue weighted by atomic mass is 10.2. The molecule has 0 fully saturated rings. The number of rotatable bonds is 4. The first-order valence-electron chi connectivity index (χ1n) is 6.07. The van der Waals surface area contributed by atoms with Crippen molar-refractivity contribution < 1.29 is 4.52 Å². The molecule has 4 nitrogen and oxygen atoms in total. The van der Waals surface area contributed by atoms with Crippen molar-refractivity contribution in [2.45, 2.75) is 17.6 Å². The van der Waals surface area contributed by atoms with Gasteiger partial charge in [0.25, 0.3) is 5.89 Å². The molecule has 6 heteroatoms. The van der Waals surface area contributed by atoms with Gasteiger partial charge in [0.15, 0.2) is 5.82 Å². The second-order valence-electron chi connectivity index (χ2n) is 4.30. The van der Waals surface area contributed by atoms with E-state index in [0.717, 1.165) is 21.7 Å². The third kappa shape index (κ3) is 2.71. The lowest BCUT2D eigenvalue weighted by Gasteiger charge is -2.05. The van der Waals surface area contributed by atoms with Crippen LogP contribution >= 0.6 is 23.1 Å². The minimum atomic E-state index is 0.569. The Morgan fingerprint density at radius 2 is 2.25 bits per heavy atom. The smallest absolute Gasteiger partial charge is 0.258 e. The molecule has 0 unspecified atom stereocenters. The van der Waals surface area contributed by atoms with E-state index in [1.54, 1.807) is 23.1 Å². The quantitative estimate of drug-likeness (QED) is 0.583. The summed E-state index contributed by atoms with van der Waals surface area (Å²) < 4.78 is 5.25. The number of aromatic nitrogens is 2. The van der Waals surface area contributed by atoms with Crippen molar-refractivity contribution in [1.29, 1.82) is 0 Å². The maximum atomic E-state index is 6.05. The molecule has 0 aliphatic heterocycles. The van der Waals surface area contributed by atoms with Gasteiger partial charge in [-0.1, -0.05) is 17.3 Å².